The molecule has 0 radical (unpaired) electrons. The van der Waals surface area contributed by atoms with Gasteiger partial charge in [-0.2, -0.15) is 0 Å². The minimum absolute atomic E-state index is 0.0564. The van der Waals surface area contributed by atoms with Crippen LogP contribution < -0.4 is 5.32 Å². The van der Waals surface area contributed by atoms with Crippen LogP contribution >= 0.6 is 0 Å². The van der Waals surface area contributed by atoms with E-state index < -0.39 is 17.7 Å². The third kappa shape index (κ3) is 3.61. The lowest BCUT2D eigenvalue weighted by molar-refractivity contribution is -0.116. The number of carbonyl (C=O) groups is 2. The summed E-state index contributed by atoms with van der Waals surface area (Å²) in [6.45, 7) is 0. The predicted molar refractivity (Wildman–Crippen MR) is 60.1 cm³/mol. The Bertz CT molecular complexity index is 491. The van der Waals surface area contributed by atoms with Crippen molar-refractivity contribution in [3.05, 3.63) is 29.6 Å². The van der Waals surface area contributed by atoms with E-state index >= 15 is 0 Å². The number of aromatic carboxylic acids is 1. The Morgan fingerprint density at radius 3 is 2.76 bits per heavy atom. The van der Waals surface area contributed by atoms with Gasteiger partial charge in [0.25, 0.3) is 0 Å². The molecule has 2 N–H and O–H groups in total. The quantitative estimate of drug-likeness (QED) is 0.783. The molecule has 0 unspecified atom stereocenters. The van der Waals surface area contributed by atoms with E-state index in [-0.39, 0.29) is 24.1 Å². The topological polar surface area (TPSA) is 66.4 Å². The molecule has 4 nitrogen and oxygen atoms in total. The summed E-state index contributed by atoms with van der Waals surface area (Å²) in [7, 11) is 0. The van der Waals surface area contributed by atoms with Crippen molar-refractivity contribution in [2.45, 2.75) is 12.8 Å². The zero-order valence-corrected chi connectivity index (χ0v) is 8.87. The van der Waals surface area contributed by atoms with Crippen LogP contribution in [-0.2, 0) is 4.79 Å². The number of halogens is 1. The Morgan fingerprint density at radius 2 is 2.18 bits per heavy atom. The number of nitrogens with one attached hydrogen (secondary N) is 1. The molecular formula is C12H10FNO3. The average Bonchev–Trinajstić information content (AvgIpc) is 2.28. The van der Waals surface area contributed by atoms with Gasteiger partial charge in [0, 0.05) is 12.8 Å². The second-order valence-electron chi connectivity index (χ2n) is 3.25. The van der Waals surface area contributed by atoms with Crippen molar-refractivity contribution >= 4 is 17.6 Å². The van der Waals surface area contributed by atoms with Crippen molar-refractivity contribution < 1.29 is 19.1 Å². The van der Waals surface area contributed by atoms with Crippen molar-refractivity contribution in [2.24, 2.45) is 0 Å². The number of carboxylic acid groups (broad SMARTS) is 1. The van der Waals surface area contributed by atoms with Gasteiger partial charge in [0.2, 0.25) is 5.91 Å². The van der Waals surface area contributed by atoms with Crippen LogP contribution in [0.1, 0.15) is 23.2 Å². The molecule has 0 aliphatic rings. The maximum atomic E-state index is 12.8. The molecule has 0 aliphatic heterocycles. The average molecular weight is 235 g/mol. The zero-order valence-electron chi connectivity index (χ0n) is 8.87. The van der Waals surface area contributed by atoms with Crippen molar-refractivity contribution in [3.8, 4) is 12.3 Å². The molecular weight excluding hydrogens is 225 g/mol. The van der Waals surface area contributed by atoms with E-state index in [1.165, 1.54) is 6.07 Å². The minimum Gasteiger partial charge on any atom is -0.478 e. The van der Waals surface area contributed by atoms with Gasteiger partial charge >= 0.3 is 5.97 Å². The highest BCUT2D eigenvalue weighted by molar-refractivity contribution is 6.00. The van der Waals surface area contributed by atoms with Crippen LogP contribution in [0.2, 0.25) is 0 Å². The number of hydrogen-bond acceptors (Lipinski definition) is 2. The Kier molecular flexibility index (Phi) is 4.23. The summed E-state index contributed by atoms with van der Waals surface area (Å²) in [5, 5.41) is 11.2. The largest absolute Gasteiger partial charge is 0.478 e. The minimum atomic E-state index is -1.31. The first kappa shape index (κ1) is 12.7. The highest BCUT2D eigenvalue weighted by Gasteiger charge is 2.13. The summed E-state index contributed by atoms with van der Waals surface area (Å²) in [5.74, 6) is -0.0972. The van der Waals surface area contributed by atoms with Crippen LogP contribution in [0.4, 0.5) is 10.1 Å². The summed E-state index contributed by atoms with van der Waals surface area (Å²) in [6, 6.07) is 3.12. The highest BCUT2D eigenvalue weighted by Crippen LogP contribution is 2.17. The van der Waals surface area contributed by atoms with E-state index in [1.807, 2.05) is 0 Å². The first-order chi connectivity index (χ1) is 8.04. The molecule has 5 heteroatoms. The lowest BCUT2D eigenvalue weighted by Gasteiger charge is -2.07. The second-order valence-corrected chi connectivity index (χ2v) is 3.25. The third-order valence-corrected chi connectivity index (χ3v) is 1.98. The molecule has 0 heterocycles. The van der Waals surface area contributed by atoms with Crippen molar-refractivity contribution in [1.82, 2.24) is 0 Å². The summed E-state index contributed by atoms with van der Waals surface area (Å²) < 4.78 is 12.8. The third-order valence-electron chi connectivity index (χ3n) is 1.98. The first-order valence-corrected chi connectivity index (χ1v) is 4.80. The normalized spacial score (nSPS) is 9.41. The van der Waals surface area contributed by atoms with E-state index in [0.717, 1.165) is 12.1 Å². The Hall–Kier alpha value is -2.35. The van der Waals surface area contributed by atoms with Gasteiger partial charge in [-0.25, -0.2) is 9.18 Å². The molecule has 0 aromatic heterocycles. The predicted octanol–water partition coefficient (Wildman–Crippen LogP) is 1.88. The Labute approximate surface area is 97.5 Å². The monoisotopic (exact) mass is 235 g/mol. The van der Waals surface area contributed by atoms with Crippen LogP contribution in [0, 0.1) is 18.2 Å². The highest BCUT2D eigenvalue weighted by atomic mass is 19.1. The van der Waals surface area contributed by atoms with Gasteiger partial charge in [-0.3, -0.25) is 4.79 Å². The maximum absolute atomic E-state index is 12.8. The van der Waals surface area contributed by atoms with E-state index in [2.05, 4.69) is 11.2 Å². The number of rotatable bonds is 4. The first-order valence-electron chi connectivity index (χ1n) is 4.80. The van der Waals surface area contributed by atoms with Crippen molar-refractivity contribution in [1.29, 1.82) is 0 Å². The van der Waals surface area contributed by atoms with Crippen LogP contribution in [0.3, 0.4) is 0 Å². The lowest BCUT2D eigenvalue weighted by Crippen LogP contribution is -2.14. The molecule has 0 bridgehead atoms. The van der Waals surface area contributed by atoms with Gasteiger partial charge in [-0.1, -0.05) is 0 Å². The number of benzene rings is 1. The number of carboxylic acids is 1. The fraction of sp³-hybridized carbons (Fsp3) is 0.167. The number of hydrogen-bond donors (Lipinski definition) is 2. The molecule has 0 spiro atoms. The summed E-state index contributed by atoms with van der Waals surface area (Å²) >= 11 is 0. The van der Waals surface area contributed by atoms with E-state index in [9.17, 15) is 14.0 Å². The molecule has 1 aromatic carbocycles. The number of terminal acetylenes is 1. The Balaban J connectivity index is 2.87. The second kappa shape index (κ2) is 5.66. The number of amides is 1. The smallest absolute Gasteiger partial charge is 0.337 e. The van der Waals surface area contributed by atoms with Gasteiger partial charge in [0.05, 0.1) is 11.3 Å². The van der Waals surface area contributed by atoms with Gasteiger partial charge < -0.3 is 10.4 Å². The van der Waals surface area contributed by atoms with Crippen molar-refractivity contribution in [2.75, 3.05) is 5.32 Å². The van der Waals surface area contributed by atoms with E-state index in [1.54, 1.807) is 0 Å². The van der Waals surface area contributed by atoms with Crippen LogP contribution in [0.25, 0.3) is 0 Å². The van der Waals surface area contributed by atoms with Crippen LogP contribution in [0.15, 0.2) is 18.2 Å². The van der Waals surface area contributed by atoms with Gasteiger partial charge in [0.1, 0.15) is 5.82 Å². The maximum Gasteiger partial charge on any atom is 0.337 e. The Morgan fingerprint density at radius 1 is 1.47 bits per heavy atom. The molecule has 17 heavy (non-hydrogen) atoms. The standard InChI is InChI=1S/C12H10FNO3/c1-2-3-4-11(15)14-10-6-5-8(13)7-9(10)12(16)17/h1,5-7H,3-4H2,(H,14,15)(H,16,17). The number of anilines is 1. The SMILES string of the molecule is C#CCCC(=O)Nc1ccc(F)cc1C(=O)O. The summed E-state index contributed by atoms with van der Waals surface area (Å²) in [5.41, 5.74) is -0.236. The molecule has 0 atom stereocenters. The molecule has 0 fully saturated rings. The zero-order chi connectivity index (χ0) is 12.8. The lowest BCUT2D eigenvalue weighted by atomic mass is 10.1. The molecule has 1 rings (SSSR count). The van der Waals surface area contributed by atoms with Crippen molar-refractivity contribution in [3.63, 3.8) is 0 Å². The molecule has 1 aromatic rings. The molecule has 0 aliphatic carbocycles. The fourth-order valence-electron chi connectivity index (χ4n) is 1.20. The van der Waals surface area contributed by atoms with Crippen LogP contribution in [0.5, 0.6) is 0 Å². The molecule has 1 amide bonds. The summed E-state index contributed by atoms with van der Waals surface area (Å²) in [4.78, 5) is 22.2. The van der Waals surface area contributed by atoms with E-state index in [4.69, 9.17) is 11.5 Å². The number of carbonyl (C=O) groups excluding carboxylic acids is 1. The van der Waals surface area contributed by atoms with Crippen LogP contribution in [-0.4, -0.2) is 17.0 Å². The van der Waals surface area contributed by atoms with Gasteiger partial charge in [-0.05, 0) is 18.2 Å². The van der Waals surface area contributed by atoms with E-state index in [0.29, 0.717) is 0 Å². The molecule has 88 valence electrons. The fourth-order valence-corrected chi connectivity index (χ4v) is 1.20. The summed E-state index contributed by atoms with van der Waals surface area (Å²) in [6.07, 6.45) is 5.34. The van der Waals surface area contributed by atoms with Gasteiger partial charge in [-0.15, -0.1) is 12.3 Å². The van der Waals surface area contributed by atoms with Gasteiger partial charge in [0.15, 0.2) is 0 Å². The molecule has 0 saturated carbocycles. The molecule has 0 saturated heterocycles.